The lowest BCUT2D eigenvalue weighted by Gasteiger charge is -2.29. The van der Waals surface area contributed by atoms with Crippen LogP contribution in [0.25, 0.3) is 0 Å². The van der Waals surface area contributed by atoms with Crippen LogP contribution in [0.15, 0.2) is 18.2 Å². The Hall–Kier alpha value is -1.35. The Morgan fingerprint density at radius 2 is 1.95 bits per heavy atom. The predicted molar refractivity (Wildman–Crippen MR) is 78.2 cm³/mol. The number of carbonyl (C=O) groups excluding carboxylic acids is 1. The largest absolute Gasteiger partial charge is 0.464 e. The normalized spacial score (nSPS) is 13.9. The second-order valence-corrected chi connectivity index (χ2v) is 5.07. The van der Waals surface area contributed by atoms with E-state index in [2.05, 4.69) is 38.2 Å². The summed E-state index contributed by atoms with van der Waals surface area (Å²) in [6.45, 7) is 11.1. The molecule has 1 aromatic rings. The fourth-order valence-electron chi connectivity index (χ4n) is 1.99. The van der Waals surface area contributed by atoms with Crippen LogP contribution in [0.2, 0.25) is 0 Å². The number of ether oxygens (including phenoxy) is 1. The summed E-state index contributed by atoms with van der Waals surface area (Å²) in [5.74, 6) is -0.216. The Morgan fingerprint density at radius 3 is 2.47 bits per heavy atom. The van der Waals surface area contributed by atoms with Crippen molar-refractivity contribution in [3.05, 3.63) is 34.9 Å². The number of hydrogen-bond acceptors (Lipinski definition) is 3. The van der Waals surface area contributed by atoms with Gasteiger partial charge in [-0.05, 0) is 57.4 Å². The van der Waals surface area contributed by atoms with Gasteiger partial charge < -0.3 is 4.74 Å². The summed E-state index contributed by atoms with van der Waals surface area (Å²) in [5, 5.41) is 3.32. The van der Waals surface area contributed by atoms with Gasteiger partial charge >= 0.3 is 5.97 Å². The van der Waals surface area contributed by atoms with Gasteiger partial charge in [-0.25, -0.2) is 4.79 Å². The first-order chi connectivity index (χ1) is 8.95. The van der Waals surface area contributed by atoms with Crippen molar-refractivity contribution < 1.29 is 9.53 Å². The lowest BCUT2D eigenvalue weighted by atomic mass is 9.89. The van der Waals surface area contributed by atoms with Crippen LogP contribution in [-0.4, -0.2) is 19.1 Å². The van der Waals surface area contributed by atoms with E-state index < -0.39 is 5.54 Å². The van der Waals surface area contributed by atoms with Gasteiger partial charge in [0, 0.05) is 0 Å². The quantitative estimate of drug-likeness (QED) is 0.802. The molecule has 0 saturated heterocycles. The number of nitrogens with one attached hydrogen (secondary N) is 1. The molecule has 106 valence electrons. The molecule has 1 N–H and O–H groups in total. The fourth-order valence-corrected chi connectivity index (χ4v) is 1.99. The molecule has 0 heterocycles. The van der Waals surface area contributed by atoms with Crippen LogP contribution in [-0.2, 0) is 15.1 Å². The predicted octanol–water partition coefficient (Wildman–Crippen LogP) is 3.08. The first-order valence-corrected chi connectivity index (χ1v) is 6.95. The van der Waals surface area contributed by atoms with E-state index >= 15 is 0 Å². The molecule has 0 radical (unpaired) electrons. The number of benzene rings is 1. The minimum atomic E-state index is -0.773. The van der Waals surface area contributed by atoms with Crippen molar-refractivity contribution in [1.29, 1.82) is 0 Å². The summed E-state index contributed by atoms with van der Waals surface area (Å²) < 4.78 is 5.23. The molecule has 0 saturated carbocycles. The van der Waals surface area contributed by atoms with Crippen molar-refractivity contribution in [1.82, 2.24) is 5.32 Å². The summed E-state index contributed by atoms with van der Waals surface area (Å²) in [7, 11) is 0. The van der Waals surface area contributed by atoms with Crippen LogP contribution >= 0.6 is 0 Å². The molecule has 0 aliphatic rings. The smallest absolute Gasteiger partial charge is 0.330 e. The Bertz CT molecular complexity index is 442. The minimum Gasteiger partial charge on any atom is -0.464 e. The summed E-state index contributed by atoms with van der Waals surface area (Å²) in [6.07, 6.45) is 0.972. The number of hydrogen-bond donors (Lipinski definition) is 1. The molecular formula is C16H25NO2. The molecule has 1 aromatic carbocycles. The zero-order chi connectivity index (χ0) is 14.5. The van der Waals surface area contributed by atoms with E-state index in [1.165, 1.54) is 11.1 Å². The van der Waals surface area contributed by atoms with Crippen molar-refractivity contribution in [2.24, 2.45) is 0 Å². The zero-order valence-corrected chi connectivity index (χ0v) is 12.7. The SMILES string of the molecule is CCCNC(C)(C(=O)OCC)c1ccc(C)c(C)c1. The third-order valence-corrected chi connectivity index (χ3v) is 3.50. The average molecular weight is 263 g/mol. The van der Waals surface area contributed by atoms with Crippen molar-refractivity contribution in [3.8, 4) is 0 Å². The maximum atomic E-state index is 12.3. The summed E-state index contributed by atoms with van der Waals surface area (Å²) in [5.41, 5.74) is 2.60. The van der Waals surface area contributed by atoms with Gasteiger partial charge in [0.15, 0.2) is 0 Å². The van der Waals surface area contributed by atoms with Gasteiger partial charge in [-0.3, -0.25) is 5.32 Å². The Balaban J connectivity index is 3.14. The lowest BCUT2D eigenvalue weighted by molar-refractivity contribution is -0.151. The molecule has 0 aliphatic carbocycles. The van der Waals surface area contributed by atoms with Crippen LogP contribution in [0.4, 0.5) is 0 Å². The summed E-state index contributed by atoms with van der Waals surface area (Å²) in [4.78, 5) is 12.3. The molecule has 1 unspecified atom stereocenters. The molecule has 0 amide bonds. The van der Waals surface area contributed by atoms with Gasteiger partial charge in [-0.1, -0.05) is 25.1 Å². The zero-order valence-electron chi connectivity index (χ0n) is 12.7. The van der Waals surface area contributed by atoms with Gasteiger partial charge in [0.1, 0.15) is 5.54 Å². The van der Waals surface area contributed by atoms with Crippen LogP contribution in [0.1, 0.15) is 43.9 Å². The Kier molecular flexibility index (Phi) is 5.55. The number of aryl methyl sites for hydroxylation is 2. The van der Waals surface area contributed by atoms with E-state index in [4.69, 9.17) is 4.74 Å². The van der Waals surface area contributed by atoms with Crippen molar-refractivity contribution >= 4 is 5.97 Å². The average Bonchev–Trinajstić information content (AvgIpc) is 2.39. The van der Waals surface area contributed by atoms with Crippen molar-refractivity contribution in [2.45, 2.75) is 46.6 Å². The van der Waals surface area contributed by atoms with Gasteiger partial charge in [-0.15, -0.1) is 0 Å². The number of rotatable bonds is 6. The summed E-state index contributed by atoms with van der Waals surface area (Å²) in [6, 6.07) is 6.12. The first-order valence-electron chi connectivity index (χ1n) is 6.95. The molecule has 0 spiro atoms. The second-order valence-electron chi connectivity index (χ2n) is 5.07. The highest BCUT2D eigenvalue weighted by molar-refractivity contribution is 5.82. The highest BCUT2D eigenvalue weighted by Crippen LogP contribution is 2.25. The van der Waals surface area contributed by atoms with E-state index in [0.29, 0.717) is 6.61 Å². The number of esters is 1. The monoisotopic (exact) mass is 263 g/mol. The minimum absolute atomic E-state index is 0.216. The van der Waals surface area contributed by atoms with Gasteiger partial charge in [-0.2, -0.15) is 0 Å². The molecule has 0 aliphatic heterocycles. The third kappa shape index (κ3) is 3.57. The Labute approximate surface area is 116 Å². The molecule has 1 rings (SSSR count). The van der Waals surface area contributed by atoms with Gasteiger partial charge in [0.2, 0.25) is 0 Å². The van der Waals surface area contributed by atoms with E-state index in [1.54, 1.807) is 0 Å². The highest BCUT2D eigenvalue weighted by atomic mass is 16.5. The molecular weight excluding hydrogens is 238 g/mol. The van der Waals surface area contributed by atoms with Crippen molar-refractivity contribution in [3.63, 3.8) is 0 Å². The van der Waals surface area contributed by atoms with E-state index in [0.717, 1.165) is 18.5 Å². The number of carbonyl (C=O) groups is 1. The van der Waals surface area contributed by atoms with E-state index in [1.807, 2.05) is 19.9 Å². The third-order valence-electron chi connectivity index (χ3n) is 3.50. The molecule has 3 heteroatoms. The van der Waals surface area contributed by atoms with Crippen LogP contribution in [0.3, 0.4) is 0 Å². The topological polar surface area (TPSA) is 38.3 Å². The summed E-state index contributed by atoms with van der Waals surface area (Å²) >= 11 is 0. The van der Waals surface area contributed by atoms with Crippen LogP contribution < -0.4 is 5.32 Å². The first kappa shape index (κ1) is 15.7. The molecule has 0 fully saturated rings. The van der Waals surface area contributed by atoms with Gasteiger partial charge in [0.25, 0.3) is 0 Å². The highest BCUT2D eigenvalue weighted by Gasteiger charge is 2.36. The van der Waals surface area contributed by atoms with Gasteiger partial charge in [0.05, 0.1) is 6.61 Å². The second kappa shape index (κ2) is 6.71. The molecule has 1 atom stereocenters. The Morgan fingerprint density at radius 1 is 1.26 bits per heavy atom. The van der Waals surface area contributed by atoms with Crippen LogP contribution in [0.5, 0.6) is 0 Å². The lowest BCUT2D eigenvalue weighted by Crippen LogP contribution is -2.48. The van der Waals surface area contributed by atoms with E-state index in [9.17, 15) is 4.79 Å². The van der Waals surface area contributed by atoms with Crippen molar-refractivity contribution in [2.75, 3.05) is 13.2 Å². The maximum Gasteiger partial charge on any atom is 0.330 e. The molecule has 19 heavy (non-hydrogen) atoms. The molecule has 0 aromatic heterocycles. The maximum absolute atomic E-state index is 12.3. The fraction of sp³-hybridized carbons (Fsp3) is 0.562. The van der Waals surface area contributed by atoms with Crippen LogP contribution in [0, 0.1) is 13.8 Å². The standard InChI is InChI=1S/C16H25NO2/c1-6-10-17-16(5,15(18)19-7-2)14-9-8-12(3)13(4)11-14/h8-9,11,17H,6-7,10H2,1-5H3. The molecule has 0 bridgehead atoms. The van der Waals surface area contributed by atoms with E-state index in [-0.39, 0.29) is 5.97 Å². The molecule has 3 nitrogen and oxygen atoms in total.